The molecule has 0 saturated heterocycles. The number of nitrogens with zero attached hydrogens (tertiary/aromatic N) is 3. The number of anilines is 3. The minimum Gasteiger partial charge on any atom is -0.368 e. The van der Waals surface area contributed by atoms with Crippen molar-refractivity contribution in [3.63, 3.8) is 0 Å². The lowest BCUT2D eigenvalue weighted by Gasteiger charge is -2.08. The van der Waals surface area contributed by atoms with Crippen molar-refractivity contribution in [2.75, 3.05) is 11.1 Å². The number of hydrogen-bond donors (Lipinski definition) is 2. The number of nitrogen functional groups attached to an aromatic ring is 1. The summed E-state index contributed by atoms with van der Waals surface area (Å²) in [6.07, 6.45) is 0. The van der Waals surface area contributed by atoms with Crippen LogP contribution in [0.25, 0.3) is 0 Å². The molecule has 0 amide bonds. The highest BCUT2D eigenvalue weighted by molar-refractivity contribution is 5.68. The van der Waals surface area contributed by atoms with Crippen LogP contribution in [0.4, 0.5) is 23.1 Å². The summed E-state index contributed by atoms with van der Waals surface area (Å²) >= 11 is 0. The van der Waals surface area contributed by atoms with Crippen LogP contribution in [0, 0.1) is 24.0 Å². The minimum absolute atomic E-state index is 0.00212. The van der Waals surface area contributed by atoms with Gasteiger partial charge in [-0.2, -0.15) is 4.98 Å². The molecule has 0 aliphatic carbocycles. The fraction of sp³-hybridized carbons (Fsp3) is 0.167. The second kappa shape index (κ2) is 4.89. The zero-order valence-corrected chi connectivity index (χ0v) is 10.5. The molecule has 2 aromatic rings. The standard InChI is InChI=1S/C12H13N5O2/c1-7-3-5-9(6-4-7)15-11-10(17(18)19)8(2)14-12(13)16-11/h3-6H,1-2H3,(H3,13,14,15,16). The van der Waals surface area contributed by atoms with Gasteiger partial charge >= 0.3 is 5.69 Å². The van der Waals surface area contributed by atoms with Crippen LogP contribution in [-0.4, -0.2) is 14.9 Å². The molecule has 3 N–H and O–H groups in total. The van der Waals surface area contributed by atoms with Crippen LogP contribution in [0.2, 0.25) is 0 Å². The van der Waals surface area contributed by atoms with E-state index in [-0.39, 0.29) is 23.1 Å². The zero-order chi connectivity index (χ0) is 14.0. The summed E-state index contributed by atoms with van der Waals surface area (Å²) in [6, 6.07) is 7.41. The van der Waals surface area contributed by atoms with Gasteiger partial charge in [-0.1, -0.05) is 17.7 Å². The Kier molecular flexibility index (Phi) is 3.28. The lowest BCUT2D eigenvalue weighted by Crippen LogP contribution is -2.06. The van der Waals surface area contributed by atoms with Gasteiger partial charge in [-0.3, -0.25) is 10.1 Å². The van der Waals surface area contributed by atoms with E-state index < -0.39 is 4.92 Å². The number of aromatic nitrogens is 2. The van der Waals surface area contributed by atoms with Gasteiger partial charge in [-0.25, -0.2) is 4.98 Å². The molecule has 0 bridgehead atoms. The molecule has 7 nitrogen and oxygen atoms in total. The molecule has 19 heavy (non-hydrogen) atoms. The topological polar surface area (TPSA) is 107 Å². The van der Waals surface area contributed by atoms with Crippen molar-refractivity contribution in [1.82, 2.24) is 9.97 Å². The van der Waals surface area contributed by atoms with Crippen LogP contribution < -0.4 is 11.1 Å². The van der Waals surface area contributed by atoms with E-state index >= 15 is 0 Å². The molecule has 0 aliphatic heterocycles. The van der Waals surface area contributed by atoms with Crippen molar-refractivity contribution in [1.29, 1.82) is 0 Å². The minimum atomic E-state index is -0.523. The van der Waals surface area contributed by atoms with Gasteiger partial charge in [-0.05, 0) is 26.0 Å². The van der Waals surface area contributed by atoms with Gasteiger partial charge in [0.25, 0.3) is 0 Å². The van der Waals surface area contributed by atoms with Crippen LogP contribution in [-0.2, 0) is 0 Å². The molecule has 0 unspecified atom stereocenters. The predicted octanol–water partition coefficient (Wildman–Crippen LogP) is 2.33. The Labute approximate surface area is 109 Å². The number of hydrogen-bond acceptors (Lipinski definition) is 6. The van der Waals surface area contributed by atoms with E-state index in [1.165, 1.54) is 6.92 Å². The van der Waals surface area contributed by atoms with Crippen molar-refractivity contribution in [3.8, 4) is 0 Å². The van der Waals surface area contributed by atoms with E-state index in [0.717, 1.165) is 5.56 Å². The van der Waals surface area contributed by atoms with Gasteiger partial charge < -0.3 is 11.1 Å². The lowest BCUT2D eigenvalue weighted by molar-refractivity contribution is -0.385. The molecule has 2 rings (SSSR count). The quantitative estimate of drug-likeness (QED) is 0.647. The van der Waals surface area contributed by atoms with Gasteiger partial charge in [0.15, 0.2) is 0 Å². The Hall–Kier alpha value is -2.70. The molecule has 0 radical (unpaired) electrons. The first-order valence-corrected chi connectivity index (χ1v) is 5.59. The summed E-state index contributed by atoms with van der Waals surface area (Å²) in [5.74, 6) is 0.0940. The smallest absolute Gasteiger partial charge is 0.332 e. The Morgan fingerprint density at radius 3 is 2.42 bits per heavy atom. The summed E-state index contributed by atoms with van der Waals surface area (Å²) in [4.78, 5) is 18.2. The van der Waals surface area contributed by atoms with E-state index in [1.54, 1.807) is 0 Å². The molecule has 1 aromatic carbocycles. The van der Waals surface area contributed by atoms with Gasteiger partial charge in [0, 0.05) is 5.69 Å². The van der Waals surface area contributed by atoms with Crippen LogP contribution in [0.1, 0.15) is 11.3 Å². The van der Waals surface area contributed by atoms with E-state index in [4.69, 9.17) is 5.73 Å². The number of nitrogens with two attached hydrogens (primary N) is 1. The average Bonchev–Trinajstić information content (AvgIpc) is 2.30. The van der Waals surface area contributed by atoms with Crippen molar-refractivity contribution >= 4 is 23.1 Å². The largest absolute Gasteiger partial charge is 0.368 e. The van der Waals surface area contributed by atoms with Gasteiger partial charge in [0.2, 0.25) is 11.8 Å². The molecule has 98 valence electrons. The third-order valence-corrected chi connectivity index (χ3v) is 2.57. The summed E-state index contributed by atoms with van der Waals surface area (Å²) in [5, 5.41) is 13.9. The Morgan fingerprint density at radius 1 is 1.21 bits per heavy atom. The summed E-state index contributed by atoms with van der Waals surface area (Å²) in [7, 11) is 0. The highest BCUT2D eigenvalue weighted by Crippen LogP contribution is 2.28. The zero-order valence-electron chi connectivity index (χ0n) is 10.5. The molecule has 0 atom stereocenters. The first kappa shape index (κ1) is 12.7. The number of benzene rings is 1. The lowest BCUT2D eigenvalue weighted by atomic mass is 10.2. The van der Waals surface area contributed by atoms with E-state index in [9.17, 15) is 10.1 Å². The monoisotopic (exact) mass is 259 g/mol. The van der Waals surface area contributed by atoms with Crippen molar-refractivity contribution in [3.05, 3.63) is 45.6 Å². The van der Waals surface area contributed by atoms with Crippen LogP contribution in [0.15, 0.2) is 24.3 Å². The molecule has 0 fully saturated rings. The molecule has 1 aromatic heterocycles. The van der Waals surface area contributed by atoms with Crippen LogP contribution in [0.5, 0.6) is 0 Å². The van der Waals surface area contributed by atoms with Crippen LogP contribution >= 0.6 is 0 Å². The maximum absolute atomic E-state index is 11.0. The number of nitrogens with one attached hydrogen (secondary N) is 1. The maximum Gasteiger partial charge on any atom is 0.332 e. The summed E-state index contributed by atoms with van der Waals surface area (Å²) in [5.41, 5.74) is 7.37. The van der Waals surface area contributed by atoms with E-state index in [0.29, 0.717) is 5.69 Å². The Bertz CT molecular complexity index is 625. The number of rotatable bonds is 3. The molecule has 1 heterocycles. The molecular formula is C12H13N5O2. The maximum atomic E-state index is 11.0. The third kappa shape index (κ3) is 2.76. The highest BCUT2D eigenvalue weighted by Gasteiger charge is 2.21. The van der Waals surface area contributed by atoms with Crippen molar-refractivity contribution < 1.29 is 4.92 Å². The fourth-order valence-corrected chi connectivity index (χ4v) is 1.67. The summed E-state index contributed by atoms with van der Waals surface area (Å²) in [6.45, 7) is 3.48. The molecular weight excluding hydrogens is 246 g/mol. The summed E-state index contributed by atoms with van der Waals surface area (Å²) < 4.78 is 0. The first-order valence-electron chi connectivity index (χ1n) is 5.59. The molecule has 7 heteroatoms. The highest BCUT2D eigenvalue weighted by atomic mass is 16.6. The predicted molar refractivity (Wildman–Crippen MR) is 72.3 cm³/mol. The molecule has 0 spiro atoms. The van der Waals surface area contributed by atoms with Gasteiger partial charge in [-0.15, -0.1) is 0 Å². The first-order chi connectivity index (χ1) is 8.97. The molecule has 0 saturated carbocycles. The van der Waals surface area contributed by atoms with E-state index in [1.807, 2.05) is 31.2 Å². The van der Waals surface area contributed by atoms with Crippen molar-refractivity contribution in [2.45, 2.75) is 13.8 Å². The average molecular weight is 259 g/mol. The third-order valence-electron chi connectivity index (χ3n) is 2.57. The van der Waals surface area contributed by atoms with Crippen LogP contribution in [0.3, 0.4) is 0 Å². The normalized spacial score (nSPS) is 10.2. The van der Waals surface area contributed by atoms with Gasteiger partial charge in [0.05, 0.1) is 4.92 Å². The second-order valence-corrected chi connectivity index (χ2v) is 4.11. The van der Waals surface area contributed by atoms with E-state index in [2.05, 4.69) is 15.3 Å². The van der Waals surface area contributed by atoms with Crippen molar-refractivity contribution in [2.24, 2.45) is 0 Å². The SMILES string of the molecule is Cc1ccc(Nc2nc(N)nc(C)c2[N+](=O)[O-])cc1. The second-order valence-electron chi connectivity index (χ2n) is 4.11. The molecule has 0 aliphatic rings. The fourth-order valence-electron chi connectivity index (χ4n) is 1.67. The Morgan fingerprint density at radius 2 is 1.84 bits per heavy atom. The Balaban J connectivity index is 2.44. The number of aryl methyl sites for hydroxylation is 2. The van der Waals surface area contributed by atoms with Gasteiger partial charge in [0.1, 0.15) is 5.69 Å². The number of nitro groups is 1.